The number of nitrogens with zero attached hydrogens (tertiary/aromatic N) is 3. The SMILES string of the molecule is O=C1NCCN1C1CCN(CC2COc3cccnc3O2)CC1. The molecule has 1 aromatic heterocycles. The lowest BCUT2D eigenvalue weighted by atomic mass is 10.0. The molecule has 1 unspecified atom stereocenters. The van der Waals surface area contributed by atoms with Crippen molar-refractivity contribution in [1.29, 1.82) is 0 Å². The van der Waals surface area contributed by atoms with E-state index in [4.69, 9.17) is 9.47 Å². The normalized spacial score (nSPS) is 25.5. The minimum absolute atomic E-state index is 0.0176. The molecular formula is C16H22N4O3. The van der Waals surface area contributed by atoms with Gasteiger partial charge in [-0.2, -0.15) is 0 Å². The summed E-state index contributed by atoms with van der Waals surface area (Å²) in [6, 6.07) is 4.20. The molecule has 124 valence electrons. The second-order valence-electron chi connectivity index (χ2n) is 6.31. The fourth-order valence-electron chi connectivity index (χ4n) is 3.58. The number of piperidine rings is 1. The van der Waals surface area contributed by atoms with Gasteiger partial charge < -0.3 is 19.7 Å². The number of fused-ring (bicyclic) bond motifs is 1. The van der Waals surface area contributed by atoms with Gasteiger partial charge in [0.05, 0.1) is 0 Å². The molecule has 2 saturated heterocycles. The van der Waals surface area contributed by atoms with Crippen LogP contribution >= 0.6 is 0 Å². The third-order valence-electron chi connectivity index (χ3n) is 4.79. The molecule has 1 atom stereocenters. The Hall–Kier alpha value is -2.02. The number of rotatable bonds is 3. The van der Waals surface area contributed by atoms with E-state index in [1.54, 1.807) is 6.20 Å². The summed E-state index contributed by atoms with van der Waals surface area (Å²) in [5.41, 5.74) is 0. The lowest BCUT2D eigenvalue weighted by Gasteiger charge is -2.38. The van der Waals surface area contributed by atoms with Gasteiger partial charge in [-0.25, -0.2) is 9.78 Å². The zero-order valence-electron chi connectivity index (χ0n) is 13.1. The van der Waals surface area contributed by atoms with Crippen LogP contribution in [0.5, 0.6) is 11.6 Å². The first-order chi connectivity index (χ1) is 11.3. The van der Waals surface area contributed by atoms with Crippen LogP contribution in [0.2, 0.25) is 0 Å². The molecule has 7 nitrogen and oxygen atoms in total. The van der Waals surface area contributed by atoms with Crippen molar-refractivity contribution in [1.82, 2.24) is 20.1 Å². The van der Waals surface area contributed by atoms with E-state index < -0.39 is 0 Å². The third-order valence-corrected chi connectivity index (χ3v) is 4.79. The van der Waals surface area contributed by atoms with Gasteiger partial charge in [-0.3, -0.25) is 4.90 Å². The van der Waals surface area contributed by atoms with Crippen LogP contribution in [0.15, 0.2) is 18.3 Å². The topological polar surface area (TPSA) is 66.9 Å². The van der Waals surface area contributed by atoms with Crippen LogP contribution in [0, 0.1) is 0 Å². The van der Waals surface area contributed by atoms with E-state index in [0.717, 1.165) is 51.3 Å². The molecule has 0 aromatic carbocycles. The van der Waals surface area contributed by atoms with Gasteiger partial charge in [0.15, 0.2) is 5.75 Å². The Morgan fingerprint density at radius 1 is 1.30 bits per heavy atom. The molecule has 3 aliphatic heterocycles. The number of hydrogen-bond acceptors (Lipinski definition) is 5. The first-order valence-corrected chi connectivity index (χ1v) is 8.31. The smallest absolute Gasteiger partial charge is 0.317 e. The zero-order chi connectivity index (χ0) is 15.6. The minimum atomic E-state index is 0.0176. The van der Waals surface area contributed by atoms with Crippen molar-refractivity contribution in [3.8, 4) is 11.6 Å². The number of ether oxygens (including phenoxy) is 2. The highest BCUT2D eigenvalue weighted by Gasteiger charge is 2.32. The molecule has 4 rings (SSSR count). The molecule has 1 N–H and O–H groups in total. The first kappa shape index (κ1) is 14.6. The predicted molar refractivity (Wildman–Crippen MR) is 83.7 cm³/mol. The molecule has 2 amide bonds. The van der Waals surface area contributed by atoms with E-state index in [0.29, 0.717) is 18.5 Å². The average Bonchev–Trinajstić information content (AvgIpc) is 3.02. The van der Waals surface area contributed by atoms with Crippen molar-refractivity contribution in [2.75, 3.05) is 39.3 Å². The number of amides is 2. The maximum absolute atomic E-state index is 11.7. The molecule has 0 saturated carbocycles. The van der Waals surface area contributed by atoms with Crippen molar-refractivity contribution in [2.45, 2.75) is 25.0 Å². The summed E-state index contributed by atoms with van der Waals surface area (Å²) >= 11 is 0. The Morgan fingerprint density at radius 2 is 2.17 bits per heavy atom. The molecule has 2 fully saturated rings. The van der Waals surface area contributed by atoms with Crippen LogP contribution in [0.1, 0.15) is 12.8 Å². The fourth-order valence-corrected chi connectivity index (χ4v) is 3.58. The molecule has 3 aliphatic rings. The van der Waals surface area contributed by atoms with Gasteiger partial charge in [0.2, 0.25) is 0 Å². The number of nitrogens with one attached hydrogen (secondary N) is 1. The highest BCUT2D eigenvalue weighted by Crippen LogP contribution is 2.29. The Morgan fingerprint density at radius 3 is 2.96 bits per heavy atom. The lowest BCUT2D eigenvalue weighted by molar-refractivity contribution is 0.0407. The van der Waals surface area contributed by atoms with E-state index in [1.807, 2.05) is 17.0 Å². The van der Waals surface area contributed by atoms with Gasteiger partial charge in [0.1, 0.15) is 12.7 Å². The summed E-state index contributed by atoms with van der Waals surface area (Å²) < 4.78 is 11.6. The van der Waals surface area contributed by atoms with Gasteiger partial charge >= 0.3 is 6.03 Å². The highest BCUT2D eigenvalue weighted by molar-refractivity contribution is 5.76. The maximum atomic E-state index is 11.7. The van der Waals surface area contributed by atoms with Crippen molar-refractivity contribution in [2.24, 2.45) is 0 Å². The quantitative estimate of drug-likeness (QED) is 0.889. The first-order valence-electron chi connectivity index (χ1n) is 8.31. The monoisotopic (exact) mass is 318 g/mol. The predicted octanol–water partition coefficient (Wildman–Crippen LogP) is 0.711. The van der Waals surface area contributed by atoms with Crippen molar-refractivity contribution in [3.05, 3.63) is 18.3 Å². The molecule has 23 heavy (non-hydrogen) atoms. The zero-order valence-corrected chi connectivity index (χ0v) is 13.1. The van der Waals surface area contributed by atoms with E-state index in [1.165, 1.54) is 0 Å². The van der Waals surface area contributed by atoms with Crippen molar-refractivity contribution >= 4 is 6.03 Å². The Bertz CT molecular complexity index is 574. The van der Waals surface area contributed by atoms with Crippen LogP contribution in [0.25, 0.3) is 0 Å². The van der Waals surface area contributed by atoms with Crippen LogP contribution in [0.3, 0.4) is 0 Å². The van der Waals surface area contributed by atoms with Gasteiger partial charge in [-0.05, 0) is 25.0 Å². The molecule has 0 radical (unpaired) electrons. The lowest BCUT2D eigenvalue weighted by Crippen LogP contribution is -2.49. The van der Waals surface area contributed by atoms with E-state index in [2.05, 4.69) is 15.2 Å². The van der Waals surface area contributed by atoms with Gasteiger partial charge in [0, 0.05) is 45.0 Å². The Balaban J connectivity index is 1.28. The molecule has 0 bridgehead atoms. The summed E-state index contributed by atoms with van der Waals surface area (Å²) in [6.45, 7) is 5.00. The van der Waals surface area contributed by atoms with Crippen molar-refractivity contribution in [3.63, 3.8) is 0 Å². The molecule has 4 heterocycles. The molecule has 7 heteroatoms. The van der Waals surface area contributed by atoms with Crippen LogP contribution < -0.4 is 14.8 Å². The number of urea groups is 1. The Kier molecular flexibility index (Phi) is 3.95. The maximum Gasteiger partial charge on any atom is 0.317 e. The van der Waals surface area contributed by atoms with Crippen LogP contribution in [-0.2, 0) is 0 Å². The second kappa shape index (κ2) is 6.23. The molecule has 1 aromatic rings. The molecular weight excluding hydrogens is 296 g/mol. The number of hydrogen-bond donors (Lipinski definition) is 1. The van der Waals surface area contributed by atoms with E-state index in [9.17, 15) is 4.79 Å². The van der Waals surface area contributed by atoms with Gasteiger partial charge in [0.25, 0.3) is 5.88 Å². The Labute approximate surface area is 135 Å². The summed E-state index contributed by atoms with van der Waals surface area (Å²) in [5, 5.41) is 2.88. The number of likely N-dealkylation sites (tertiary alicyclic amines) is 1. The van der Waals surface area contributed by atoms with Crippen LogP contribution in [0.4, 0.5) is 4.79 Å². The summed E-state index contributed by atoms with van der Waals surface area (Å²) in [6.07, 6.45) is 3.78. The molecule has 0 aliphatic carbocycles. The summed E-state index contributed by atoms with van der Waals surface area (Å²) in [5.74, 6) is 1.31. The minimum Gasteiger partial charge on any atom is -0.484 e. The summed E-state index contributed by atoms with van der Waals surface area (Å²) in [7, 11) is 0. The average molecular weight is 318 g/mol. The summed E-state index contributed by atoms with van der Waals surface area (Å²) in [4.78, 5) is 20.3. The number of carbonyl (C=O) groups excluding carboxylic acids is 1. The number of carbonyl (C=O) groups is 1. The van der Waals surface area contributed by atoms with Crippen LogP contribution in [-0.4, -0.2) is 72.3 Å². The second-order valence-corrected chi connectivity index (χ2v) is 6.31. The number of pyridine rings is 1. The standard InChI is InChI=1S/C16H22N4O3/c21-16-18-6-9-20(16)12-3-7-19(8-4-12)10-13-11-22-14-2-1-5-17-15(14)23-13/h1-2,5,12-13H,3-4,6-11H2,(H,18,21). The van der Waals surface area contributed by atoms with Gasteiger partial charge in [-0.15, -0.1) is 0 Å². The third kappa shape index (κ3) is 3.06. The number of aromatic nitrogens is 1. The van der Waals surface area contributed by atoms with Crippen molar-refractivity contribution < 1.29 is 14.3 Å². The molecule has 0 spiro atoms. The van der Waals surface area contributed by atoms with E-state index >= 15 is 0 Å². The largest absolute Gasteiger partial charge is 0.484 e. The highest BCUT2D eigenvalue weighted by atomic mass is 16.6. The fraction of sp³-hybridized carbons (Fsp3) is 0.625. The van der Waals surface area contributed by atoms with E-state index in [-0.39, 0.29) is 12.1 Å². The van der Waals surface area contributed by atoms with Gasteiger partial charge in [-0.1, -0.05) is 0 Å².